The number of allylic oxidation sites excluding steroid dienone is 2. The van der Waals surface area contributed by atoms with E-state index in [-0.39, 0.29) is 18.3 Å². The molecule has 70 heavy (non-hydrogen) atoms. The Bertz CT molecular complexity index is 2060. The van der Waals surface area contributed by atoms with Gasteiger partial charge >= 0.3 is 17.9 Å². The topological polar surface area (TPSA) is 306 Å². The van der Waals surface area contributed by atoms with Gasteiger partial charge in [-0.3, -0.25) is 4.79 Å². The zero-order chi connectivity index (χ0) is 52.0. The first-order chi connectivity index (χ1) is 32.6. The van der Waals surface area contributed by atoms with Crippen LogP contribution in [0.5, 0.6) is 0 Å². The van der Waals surface area contributed by atoms with E-state index < -0.39 is 161 Å². The summed E-state index contributed by atoms with van der Waals surface area (Å²) in [5.41, 5.74) is -5.18. The highest BCUT2D eigenvalue weighted by Gasteiger charge is 2.76. The van der Waals surface area contributed by atoms with Crippen molar-refractivity contribution in [2.75, 3.05) is 13.2 Å². The van der Waals surface area contributed by atoms with Gasteiger partial charge in [-0.2, -0.15) is 0 Å². The van der Waals surface area contributed by atoms with Gasteiger partial charge in [0.25, 0.3) is 0 Å². The smallest absolute Gasteiger partial charge is 0.335 e. The minimum absolute atomic E-state index is 0.207. The van der Waals surface area contributed by atoms with Crippen molar-refractivity contribution in [1.29, 1.82) is 0 Å². The second kappa shape index (κ2) is 19.4. The van der Waals surface area contributed by atoms with Gasteiger partial charge in [-0.05, 0) is 87.4 Å². The molecular weight excluding hydrogens is 917 g/mol. The Morgan fingerprint density at radius 3 is 2.13 bits per heavy atom. The van der Waals surface area contributed by atoms with Crippen LogP contribution in [0.25, 0.3) is 0 Å². The van der Waals surface area contributed by atoms with Gasteiger partial charge in [0.05, 0.1) is 48.3 Å². The first kappa shape index (κ1) is 54.8. The fourth-order valence-corrected chi connectivity index (χ4v) is 14.6. The van der Waals surface area contributed by atoms with Crippen LogP contribution < -0.4 is 0 Å². The fraction of sp³-hybridized carbons (Fsp3) is 0.843. The van der Waals surface area contributed by atoms with E-state index in [2.05, 4.69) is 19.9 Å². The summed E-state index contributed by atoms with van der Waals surface area (Å²) in [6.45, 7) is 17.5. The molecule has 2 heterocycles. The normalized spacial score (nSPS) is 49.4. The van der Waals surface area contributed by atoms with Gasteiger partial charge in [-0.25, -0.2) is 9.59 Å². The standard InChI is InChI=1S/C51H78O19/c1-11-23(3)42(63)69-39-40(70-43(64)24(4)12-2)51(22-53)26(19-46(39,5)6)25-13-14-29-47(7)17-16-30(48(8,21-52)28(47)15-18-49(29,9)50(25,10)37(59)38(51)60)66-45-34(58)35(33(57)36(68-45)41(61)62)67-44-32(56)31(55)27(54)20-65-44/h11,13,21,24,26-40,44-45,53-60H,12,14-20,22H2,1-10H3,(H,61,62)/b23-11-/t24?,26?,27-,28?,29?,30?,31-,32+,33-,34+,35-,36-,37-,38+,39-,40-,44-,45+,47-,48-,49+,50-,51-/m0/s1. The molecule has 0 aromatic heterocycles. The Labute approximate surface area is 409 Å². The molecule has 0 aromatic carbocycles. The third-order valence-electron chi connectivity index (χ3n) is 19.4. The lowest BCUT2D eigenvalue weighted by molar-refractivity contribution is -0.356. The number of rotatable bonds is 12. The second-order valence-corrected chi connectivity index (χ2v) is 23.3. The predicted molar refractivity (Wildman–Crippen MR) is 245 cm³/mol. The number of ether oxygens (including phenoxy) is 6. The largest absolute Gasteiger partial charge is 0.479 e. The van der Waals surface area contributed by atoms with Gasteiger partial charge in [-0.1, -0.05) is 73.1 Å². The number of carbonyl (C=O) groups is 4. The highest BCUT2D eigenvalue weighted by molar-refractivity contribution is 5.87. The monoisotopic (exact) mass is 995 g/mol. The van der Waals surface area contributed by atoms with Gasteiger partial charge in [0.1, 0.15) is 49.0 Å². The van der Waals surface area contributed by atoms with E-state index in [9.17, 15) is 65.1 Å². The Hall–Kier alpha value is -2.92. The van der Waals surface area contributed by atoms with E-state index in [4.69, 9.17) is 28.4 Å². The number of carboxylic acid groups (broad SMARTS) is 1. The van der Waals surface area contributed by atoms with Crippen LogP contribution in [-0.4, -0.2) is 169 Å². The maximum absolute atomic E-state index is 13.8. The molecule has 5 unspecified atom stereocenters. The van der Waals surface area contributed by atoms with Crippen LogP contribution in [0.2, 0.25) is 0 Å². The van der Waals surface area contributed by atoms with Crippen molar-refractivity contribution in [2.45, 2.75) is 200 Å². The van der Waals surface area contributed by atoms with Gasteiger partial charge < -0.3 is 79.2 Å². The van der Waals surface area contributed by atoms with Gasteiger partial charge in [0.2, 0.25) is 0 Å². The molecule has 6 fully saturated rings. The molecule has 9 N–H and O–H groups in total. The number of aliphatic hydroxyl groups excluding tert-OH is 8. The number of carbonyl (C=O) groups excluding carboxylic acids is 3. The SMILES string of the molecule is C/C=C(/C)C(=O)O[C@H]1[C@H](OC(=O)C(C)CC)[C@@]2(CO)C(CC1(C)C)C1=CCC3[C@@]4(C)CCC(O[C@@H]5O[C@H](C(=O)O)[C@@H](O)[C@H](O[C@@H]6OC[C@H](O)[C@H](O)[C@H]6O)[C@H]5O)[C@@](C)(C=O)C4CC[C@@]3(C)[C@]1(C)[C@@H](O)[C@H]2O. The predicted octanol–water partition coefficient (Wildman–Crippen LogP) is 1.70. The number of aliphatic carboxylic acids is 1. The maximum Gasteiger partial charge on any atom is 0.335 e. The van der Waals surface area contributed by atoms with Crippen LogP contribution in [0.1, 0.15) is 114 Å². The van der Waals surface area contributed by atoms with E-state index in [1.54, 1.807) is 33.8 Å². The molecule has 0 aromatic rings. The molecule has 19 nitrogen and oxygen atoms in total. The van der Waals surface area contributed by atoms with Gasteiger partial charge in [-0.15, -0.1) is 0 Å². The van der Waals surface area contributed by atoms with E-state index >= 15 is 0 Å². The summed E-state index contributed by atoms with van der Waals surface area (Å²) in [6.07, 6.45) is -15.4. The molecule has 19 heteroatoms. The second-order valence-electron chi connectivity index (χ2n) is 23.3. The molecule has 7 rings (SSSR count). The van der Waals surface area contributed by atoms with Crippen molar-refractivity contribution >= 4 is 24.2 Å². The first-order valence-electron chi connectivity index (χ1n) is 25.0. The summed E-state index contributed by atoms with van der Waals surface area (Å²) in [6, 6.07) is 0. The first-order valence-corrected chi connectivity index (χ1v) is 25.0. The summed E-state index contributed by atoms with van der Waals surface area (Å²) in [5.74, 6) is -4.63. The van der Waals surface area contributed by atoms with Crippen LogP contribution in [-0.2, 0) is 47.6 Å². The molecule has 0 amide bonds. The van der Waals surface area contributed by atoms with Crippen LogP contribution in [0.4, 0.5) is 0 Å². The number of hydrogen-bond donors (Lipinski definition) is 9. The molecule has 396 valence electrons. The highest BCUT2D eigenvalue weighted by Crippen LogP contribution is 2.76. The van der Waals surface area contributed by atoms with Crippen molar-refractivity contribution in [3.8, 4) is 0 Å². The molecule has 2 aliphatic heterocycles. The van der Waals surface area contributed by atoms with Crippen molar-refractivity contribution in [2.24, 2.45) is 56.2 Å². The van der Waals surface area contributed by atoms with E-state index in [1.807, 2.05) is 27.7 Å². The van der Waals surface area contributed by atoms with Crippen molar-refractivity contribution in [3.05, 3.63) is 23.3 Å². The molecule has 5 aliphatic carbocycles. The summed E-state index contributed by atoms with van der Waals surface area (Å²) in [7, 11) is 0. The minimum atomic E-state index is -2.01. The molecule has 23 atom stereocenters. The fourth-order valence-electron chi connectivity index (χ4n) is 14.6. The summed E-state index contributed by atoms with van der Waals surface area (Å²) in [5, 5.41) is 101. The number of fused-ring (bicyclic) bond motifs is 7. The van der Waals surface area contributed by atoms with E-state index in [1.165, 1.54) is 0 Å². The van der Waals surface area contributed by atoms with Gasteiger partial charge in [0, 0.05) is 16.4 Å². The minimum Gasteiger partial charge on any atom is -0.479 e. The van der Waals surface area contributed by atoms with Crippen LogP contribution >= 0.6 is 0 Å². The quantitative estimate of drug-likeness (QED) is 0.0442. The zero-order valence-electron chi connectivity index (χ0n) is 42.1. The molecular formula is C51H78O19. The lowest BCUT2D eigenvalue weighted by Crippen LogP contribution is -2.76. The summed E-state index contributed by atoms with van der Waals surface area (Å²) in [4.78, 5) is 53.4. The average Bonchev–Trinajstić information content (AvgIpc) is 3.31. The zero-order valence-corrected chi connectivity index (χ0v) is 42.1. The summed E-state index contributed by atoms with van der Waals surface area (Å²) >= 11 is 0. The third-order valence-corrected chi connectivity index (χ3v) is 19.4. The molecule has 0 spiro atoms. The Balaban J connectivity index is 1.22. The third kappa shape index (κ3) is 8.15. The molecule has 0 radical (unpaired) electrons. The van der Waals surface area contributed by atoms with Crippen molar-refractivity contribution in [3.63, 3.8) is 0 Å². The number of esters is 2. The maximum atomic E-state index is 13.8. The lowest BCUT2D eigenvalue weighted by Gasteiger charge is -2.73. The number of aldehydes is 1. The molecule has 7 aliphatic rings. The lowest BCUT2D eigenvalue weighted by atomic mass is 9.32. The Kier molecular flexibility index (Phi) is 15.2. The average molecular weight is 995 g/mol. The number of carboxylic acids is 1. The Morgan fingerprint density at radius 2 is 1.53 bits per heavy atom. The Morgan fingerprint density at radius 1 is 0.857 bits per heavy atom. The molecule has 4 saturated carbocycles. The number of hydrogen-bond acceptors (Lipinski definition) is 18. The summed E-state index contributed by atoms with van der Waals surface area (Å²) < 4.78 is 35.7. The molecule has 2 saturated heterocycles. The van der Waals surface area contributed by atoms with Crippen LogP contribution in [0.3, 0.4) is 0 Å². The number of aliphatic hydroxyl groups is 8. The van der Waals surface area contributed by atoms with Crippen LogP contribution in [0, 0.1) is 56.2 Å². The highest BCUT2D eigenvalue weighted by atomic mass is 16.7. The van der Waals surface area contributed by atoms with E-state index in [0.717, 1.165) is 11.9 Å². The van der Waals surface area contributed by atoms with Crippen molar-refractivity contribution < 1.29 is 93.6 Å². The molecule has 0 bridgehead atoms. The van der Waals surface area contributed by atoms with Crippen molar-refractivity contribution in [1.82, 2.24) is 0 Å². The van der Waals surface area contributed by atoms with Gasteiger partial charge in [0.15, 0.2) is 24.8 Å². The van der Waals surface area contributed by atoms with Crippen LogP contribution in [0.15, 0.2) is 23.3 Å². The van der Waals surface area contributed by atoms with E-state index in [0.29, 0.717) is 44.1 Å².